The first-order valence-corrected chi connectivity index (χ1v) is 8.94. The van der Waals surface area contributed by atoms with Crippen LogP contribution in [0.4, 0.5) is 10.6 Å². The summed E-state index contributed by atoms with van der Waals surface area (Å²) in [7, 11) is 0. The minimum atomic E-state index is -0.510. The van der Waals surface area contributed by atoms with Crippen molar-refractivity contribution in [3.63, 3.8) is 0 Å². The number of pyridine rings is 1. The number of rotatable bonds is 5. The molecule has 0 bridgehead atoms. The highest BCUT2D eigenvalue weighted by Gasteiger charge is 2.30. The van der Waals surface area contributed by atoms with Gasteiger partial charge in [0.15, 0.2) is 0 Å². The first-order valence-electron chi connectivity index (χ1n) is 8.94. The molecule has 136 valence electrons. The summed E-state index contributed by atoms with van der Waals surface area (Å²) in [6, 6.07) is 21.7. The van der Waals surface area contributed by atoms with Gasteiger partial charge in [0.1, 0.15) is 12.4 Å². The van der Waals surface area contributed by atoms with E-state index in [0.29, 0.717) is 5.82 Å². The van der Waals surface area contributed by atoms with E-state index in [4.69, 9.17) is 4.74 Å². The molecule has 4 rings (SSSR count). The van der Waals surface area contributed by atoms with Crippen LogP contribution in [0, 0.1) is 0 Å². The Kier molecular flexibility index (Phi) is 4.85. The van der Waals surface area contributed by atoms with Crippen molar-refractivity contribution in [3.05, 3.63) is 84.1 Å². The van der Waals surface area contributed by atoms with Crippen molar-refractivity contribution < 1.29 is 14.6 Å². The highest BCUT2D eigenvalue weighted by atomic mass is 16.6. The van der Waals surface area contributed by atoms with Crippen LogP contribution in [0.3, 0.4) is 0 Å². The van der Waals surface area contributed by atoms with Crippen LogP contribution in [-0.2, 0) is 4.74 Å². The monoisotopic (exact) mass is 360 g/mol. The molecule has 0 aliphatic heterocycles. The third-order valence-corrected chi connectivity index (χ3v) is 4.81. The van der Waals surface area contributed by atoms with E-state index in [9.17, 15) is 9.90 Å². The number of hydrogen-bond acceptors (Lipinski definition) is 4. The van der Waals surface area contributed by atoms with E-state index in [2.05, 4.69) is 29.2 Å². The number of nitrogens with zero attached hydrogens (tertiary/aromatic N) is 2. The molecule has 0 fully saturated rings. The molecule has 0 saturated carbocycles. The SMILES string of the molecule is O=C(OCC1c2ccccc2-c2ccccc21)N(CCO)c1ccccn1. The maximum Gasteiger partial charge on any atom is 0.415 e. The van der Waals surface area contributed by atoms with Gasteiger partial charge in [-0.1, -0.05) is 54.6 Å². The normalized spacial score (nSPS) is 12.3. The maximum absolute atomic E-state index is 12.7. The molecule has 27 heavy (non-hydrogen) atoms. The van der Waals surface area contributed by atoms with Crippen LogP contribution in [0.5, 0.6) is 0 Å². The first kappa shape index (κ1) is 17.2. The summed E-state index contributed by atoms with van der Waals surface area (Å²) in [6.45, 7) is 0.204. The molecule has 0 unspecified atom stereocenters. The zero-order valence-electron chi connectivity index (χ0n) is 14.8. The third kappa shape index (κ3) is 3.29. The Morgan fingerprint density at radius 3 is 2.19 bits per heavy atom. The number of hydrogen-bond donors (Lipinski definition) is 1. The van der Waals surface area contributed by atoms with Crippen molar-refractivity contribution in [2.75, 3.05) is 24.7 Å². The average molecular weight is 360 g/mol. The molecule has 2 aromatic carbocycles. The van der Waals surface area contributed by atoms with Crippen molar-refractivity contribution in [1.82, 2.24) is 4.98 Å². The summed E-state index contributed by atoms with van der Waals surface area (Å²) in [5.41, 5.74) is 4.70. The largest absolute Gasteiger partial charge is 0.448 e. The quantitative estimate of drug-likeness (QED) is 0.751. The molecule has 1 N–H and O–H groups in total. The van der Waals surface area contributed by atoms with E-state index in [1.807, 2.05) is 24.3 Å². The van der Waals surface area contributed by atoms with Gasteiger partial charge in [-0.15, -0.1) is 0 Å². The number of benzene rings is 2. The van der Waals surface area contributed by atoms with Gasteiger partial charge in [0.05, 0.1) is 13.2 Å². The molecule has 3 aromatic rings. The van der Waals surface area contributed by atoms with Crippen molar-refractivity contribution in [1.29, 1.82) is 0 Å². The topological polar surface area (TPSA) is 62.7 Å². The Balaban J connectivity index is 1.55. The van der Waals surface area contributed by atoms with Crippen LogP contribution in [0.1, 0.15) is 17.0 Å². The Morgan fingerprint density at radius 1 is 0.963 bits per heavy atom. The lowest BCUT2D eigenvalue weighted by Crippen LogP contribution is -2.35. The lowest BCUT2D eigenvalue weighted by atomic mass is 9.98. The first-order chi connectivity index (χ1) is 13.3. The molecule has 1 amide bonds. The number of carbonyl (C=O) groups is 1. The summed E-state index contributed by atoms with van der Waals surface area (Å²) in [6.07, 6.45) is 1.10. The molecule has 5 heteroatoms. The van der Waals surface area contributed by atoms with Gasteiger partial charge in [-0.05, 0) is 34.4 Å². The maximum atomic E-state index is 12.7. The van der Waals surface area contributed by atoms with Crippen molar-refractivity contribution >= 4 is 11.9 Å². The van der Waals surface area contributed by atoms with Crippen molar-refractivity contribution in [3.8, 4) is 11.1 Å². The number of aromatic nitrogens is 1. The molecule has 1 aromatic heterocycles. The van der Waals surface area contributed by atoms with Gasteiger partial charge >= 0.3 is 6.09 Å². The molecule has 0 saturated heterocycles. The molecule has 0 atom stereocenters. The standard InChI is InChI=1S/C22H20N2O3/c25-14-13-24(21-11-5-6-12-23-21)22(26)27-15-20-18-9-3-1-7-16(18)17-8-2-4-10-19(17)20/h1-12,20,25H,13-15H2. The van der Waals surface area contributed by atoms with Gasteiger partial charge in [-0.2, -0.15) is 0 Å². The van der Waals surface area contributed by atoms with E-state index in [1.54, 1.807) is 24.4 Å². The Hall–Kier alpha value is -3.18. The Morgan fingerprint density at radius 2 is 1.59 bits per heavy atom. The predicted molar refractivity (Wildman–Crippen MR) is 104 cm³/mol. The molecule has 1 heterocycles. The number of aliphatic hydroxyl groups is 1. The number of carbonyl (C=O) groups excluding carboxylic acids is 1. The second-order valence-corrected chi connectivity index (χ2v) is 6.37. The zero-order valence-corrected chi connectivity index (χ0v) is 14.8. The van der Waals surface area contributed by atoms with Gasteiger partial charge in [0.2, 0.25) is 0 Å². The van der Waals surface area contributed by atoms with Gasteiger partial charge in [-0.3, -0.25) is 4.90 Å². The van der Waals surface area contributed by atoms with Crippen LogP contribution in [0.15, 0.2) is 72.9 Å². The molecular weight excluding hydrogens is 340 g/mol. The molecule has 1 aliphatic carbocycles. The third-order valence-electron chi connectivity index (χ3n) is 4.81. The zero-order chi connectivity index (χ0) is 18.6. The van der Waals surface area contributed by atoms with Crippen molar-refractivity contribution in [2.45, 2.75) is 5.92 Å². The summed E-state index contributed by atoms with van der Waals surface area (Å²) >= 11 is 0. The second kappa shape index (κ2) is 7.60. The van der Waals surface area contributed by atoms with Crippen molar-refractivity contribution in [2.24, 2.45) is 0 Å². The number of anilines is 1. The van der Waals surface area contributed by atoms with E-state index >= 15 is 0 Å². The van der Waals surface area contributed by atoms with E-state index < -0.39 is 6.09 Å². The predicted octanol–water partition coefficient (Wildman–Crippen LogP) is 3.83. The van der Waals surface area contributed by atoms with E-state index in [-0.39, 0.29) is 25.7 Å². The lowest BCUT2D eigenvalue weighted by molar-refractivity contribution is 0.148. The van der Waals surface area contributed by atoms with E-state index in [0.717, 1.165) is 11.1 Å². The number of ether oxygens (including phenoxy) is 1. The van der Waals surface area contributed by atoms with Gasteiger partial charge in [0, 0.05) is 12.1 Å². The minimum Gasteiger partial charge on any atom is -0.448 e. The summed E-state index contributed by atoms with van der Waals surface area (Å²) < 4.78 is 5.64. The smallest absolute Gasteiger partial charge is 0.415 e. The van der Waals surface area contributed by atoms with Gasteiger partial charge in [0.25, 0.3) is 0 Å². The minimum absolute atomic E-state index is 0.000981. The summed E-state index contributed by atoms with van der Waals surface area (Å²) in [5, 5.41) is 9.31. The van der Waals surface area contributed by atoms with Crippen LogP contribution in [-0.4, -0.2) is 35.9 Å². The molecule has 1 aliphatic rings. The second-order valence-electron chi connectivity index (χ2n) is 6.37. The highest BCUT2D eigenvalue weighted by Crippen LogP contribution is 2.44. The number of fused-ring (bicyclic) bond motifs is 3. The molecular formula is C22H20N2O3. The van der Waals surface area contributed by atoms with E-state index in [1.165, 1.54) is 16.0 Å². The Labute approximate surface area is 157 Å². The lowest BCUT2D eigenvalue weighted by Gasteiger charge is -2.22. The fraction of sp³-hybridized carbons (Fsp3) is 0.182. The molecule has 0 radical (unpaired) electrons. The number of amides is 1. The summed E-state index contributed by atoms with van der Waals surface area (Å²) in [4.78, 5) is 18.2. The van der Waals surface area contributed by atoms with Crippen LogP contribution >= 0.6 is 0 Å². The fourth-order valence-electron chi connectivity index (χ4n) is 3.58. The van der Waals surface area contributed by atoms with Gasteiger partial charge < -0.3 is 9.84 Å². The molecule has 5 nitrogen and oxygen atoms in total. The van der Waals surface area contributed by atoms with Gasteiger partial charge in [-0.25, -0.2) is 9.78 Å². The Bertz CT molecular complexity index is 898. The average Bonchev–Trinajstić information content (AvgIpc) is 3.05. The molecule has 0 spiro atoms. The van der Waals surface area contributed by atoms with Crippen LogP contribution < -0.4 is 4.90 Å². The number of aliphatic hydroxyl groups excluding tert-OH is 1. The summed E-state index contributed by atoms with van der Waals surface area (Å²) in [5.74, 6) is 0.463. The fourth-order valence-corrected chi connectivity index (χ4v) is 3.58. The highest BCUT2D eigenvalue weighted by molar-refractivity contribution is 5.86. The van der Waals surface area contributed by atoms with Crippen LogP contribution in [0.2, 0.25) is 0 Å². The van der Waals surface area contributed by atoms with Crippen LogP contribution in [0.25, 0.3) is 11.1 Å².